The van der Waals surface area contributed by atoms with Crippen molar-refractivity contribution in [2.45, 2.75) is 12.8 Å². The minimum Gasteiger partial charge on any atom is -0.473 e. The summed E-state index contributed by atoms with van der Waals surface area (Å²) in [5.74, 6) is 0.119. The Hall–Kier alpha value is -2.77. The van der Waals surface area contributed by atoms with E-state index in [1.54, 1.807) is 19.4 Å². The summed E-state index contributed by atoms with van der Waals surface area (Å²) in [6.07, 6.45) is 6.21. The second kappa shape index (κ2) is 7.13. The van der Waals surface area contributed by atoms with E-state index in [-0.39, 0.29) is 17.4 Å². The summed E-state index contributed by atoms with van der Waals surface area (Å²) < 4.78 is 5.41. The number of hydrogen-bond acceptors (Lipinski definition) is 7. The number of aromatic nitrogens is 3. The van der Waals surface area contributed by atoms with Gasteiger partial charge in [-0.05, 0) is 30.5 Å². The predicted octanol–water partition coefficient (Wildman–Crippen LogP) is 1.83. The van der Waals surface area contributed by atoms with Crippen LogP contribution in [0.3, 0.4) is 0 Å². The largest absolute Gasteiger partial charge is 0.473 e. The molecule has 0 fully saturated rings. The van der Waals surface area contributed by atoms with E-state index in [1.807, 2.05) is 12.1 Å². The van der Waals surface area contributed by atoms with Crippen LogP contribution in [0, 0.1) is 10.1 Å². The number of aryl methyl sites for hydroxylation is 1. The SMILES string of the molecule is CNc1ncnc(OCCCc2ccncc2)c1[N+](=O)[O-]. The molecule has 0 amide bonds. The number of hydrogen-bond donors (Lipinski definition) is 1. The van der Waals surface area contributed by atoms with E-state index in [1.165, 1.54) is 6.33 Å². The summed E-state index contributed by atoms with van der Waals surface area (Å²) >= 11 is 0. The molecule has 8 nitrogen and oxygen atoms in total. The van der Waals surface area contributed by atoms with Crippen molar-refractivity contribution >= 4 is 11.5 Å². The number of nitro groups is 1. The number of nitrogens with one attached hydrogen (secondary N) is 1. The van der Waals surface area contributed by atoms with Crippen molar-refractivity contribution < 1.29 is 9.66 Å². The van der Waals surface area contributed by atoms with Crippen molar-refractivity contribution in [2.24, 2.45) is 0 Å². The number of pyridine rings is 1. The Morgan fingerprint density at radius 1 is 1.33 bits per heavy atom. The van der Waals surface area contributed by atoms with Crippen molar-refractivity contribution in [3.63, 3.8) is 0 Å². The van der Waals surface area contributed by atoms with Gasteiger partial charge in [0.1, 0.15) is 6.33 Å². The van der Waals surface area contributed by atoms with E-state index in [0.717, 1.165) is 18.4 Å². The molecule has 0 aliphatic rings. The summed E-state index contributed by atoms with van der Waals surface area (Å²) in [6.45, 7) is 0.337. The third kappa shape index (κ3) is 3.85. The lowest BCUT2D eigenvalue weighted by atomic mass is 10.1. The zero-order chi connectivity index (χ0) is 15.1. The van der Waals surface area contributed by atoms with Gasteiger partial charge in [0.15, 0.2) is 0 Å². The molecular formula is C13H15N5O3. The second-order valence-corrected chi connectivity index (χ2v) is 4.19. The van der Waals surface area contributed by atoms with Crippen LogP contribution < -0.4 is 10.1 Å². The summed E-state index contributed by atoms with van der Waals surface area (Å²) in [7, 11) is 1.56. The van der Waals surface area contributed by atoms with Crippen LogP contribution in [-0.4, -0.2) is 33.5 Å². The molecule has 2 rings (SSSR count). The molecule has 0 radical (unpaired) electrons. The monoisotopic (exact) mass is 289 g/mol. The maximum Gasteiger partial charge on any atom is 0.372 e. The van der Waals surface area contributed by atoms with Crippen LogP contribution in [-0.2, 0) is 6.42 Å². The van der Waals surface area contributed by atoms with Gasteiger partial charge in [-0.3, -0.25) is 15.1 Å². The van der Waals surface area contributed by atoms with Gasteiger partial charge in [-0.2, -0.15) is 4.98 Å². The van der Waals surface area contributed by atoms with Crippen LogP contribution in [0.5, 0.6) is 5.88 Å². The van der Waals surface area contributed by atoms with Crippen LogP contribution in [0.4, 0.5) is 11.5 Å². The minimum absolute atomic E-state index is 0.0194. The first-order valence-electron chi connectivity index (χ1n) is 6.41. The van der Waals surface area contributed by atoms with Crippen LogP contribution >= 0.6 is 0 Å². The molecule has 0 bridgehead atoms. The fourth-order valence-electron chi connectivity index (χ4n) is 1.81. The van der Waals surface area contributed by atoms with Gasteiger partial charge >= 0.3 is 5.69 Å². The molecule has 21 heavy (non-hydrogen) atoms. The van der Waals surface area contributed by atoms with E-state index >= 15 is 0 Å². The van der Waals surface area contributed by atoms with Crippen molar-refractivity contribution in [3.8, 4) is 5.88 Å². The molecule has 0 saturated heterocycles. The molecule has 0 aliphatic heterocycles. The Morgan fingerprint density at radius 3 is 2.76 bits per heavy atom. The van der Waals surface area contributed by atoms with E-state index in [0.29, 0.717) is 6.61 Å². The highest BCUT2D eigenvalue weighted by Crippen LogP contribution is 2.30. The normalized spacial score (nSPS) is 10.1. The molecule has 2 heterocycles. The van der Waals surface area contributed by atoms with E-state index in [4.69, 9.17) is 4.74 Å². The Bertz CT molecular complexity index is 606. The molecule has 1 N–H and O–H groups in total. The lowest BCUT2D eigenvalue weighted by Gasteiger charge is -2.07. The highest BCUT2D eigenvalue weighted by molar-refractivity contribution is 5.60. The van der Waals surface area contributed by atoms with E-state index in [9.17, 15) is 10.1 Å². The number of nitrogens with zero attached hydrogens (tertiary/aromatic N) is 4. The Balaban J connectivity index is 1.95. The van der Waals surface area contributed by atoms with Crippen molar-refractivity contribution in [2.75, 3.05) is 19.0 Å². The van der Waals surface area contributed by atoms with Gasteiger partial charge in [0.05, 0.1) is 11.5 Å². The molecule has 110 valence electrons. The zero-order valence-corrected chi connectivity index (χ0v) is 11.5. The van der Waals surface area contributed by atoms with Crippen LogP contribution in [0.15, 0.2) is 30.9 Å². The Morgan fingerprint density at radius 2 is 2.10 bits per heavy atom. The third-order valence-corrected chi connectivity index (χ3v) is 2.81. The second-order valence-electron chi connectivity index (χ2n) is 4.19. The van der Waals surface area contributed by atoms with Gasteiger partial charge in [0.2, 0.25) is 5.82 Å². The van der Waals surface area contributed by atoms with Crippen molar-refractivity contribution in [1.29, 1.82) is 0 Å². The minimum atomic E-state index is -0.552. The topological polar surface area (TPSA) is 103 Å². The summed E-state index contributed by atoms with van der Waals surface area (Å²) in [6, 6.07) is 3.85. The number of ether oxygens (including phenoxy) is 1. The van der Waals surface area contributed by atoms with Gasteiger partial charge in [0.25, 0.3) is 5.88 Å². The maximum absolute atomic E-state index is 11.1. The molecule has 0 saturated carbocycles. The maximum atomic E-state index is 11.1. The van der Waals surface area contributed by atoms with Gasteiger partial charge in [-0.25, -0.2) is 4.98 Å². The summed E-state index contributed by atoms with van der Waals surface area (Å²) in [5, 5.41) is 13.7. The predicted molar refractivity (Wildman–Crippen MR) is 76.3 cm³/mol. The van der Waals surface area contributed by atoms with Gasteiger partial charge < -0.3 is 10.1 Å². The quantitative estimate of drug-likeness (QED) is 0.471. The molecule has 2 aromatic heterocycles. The van der Waals surface area contributed by atoms with E-state index in [2.05, 4.69) is 20.3 Å². The van der Waals surface area contributed by atoms with Gasteiger partial charge in [-0.15, -0.1) is 0 Å². The first-order chi connectivity index (χ1) is 10.2. The summed E-state index contributed by atoms with van der Waals surface area (Å²) in [4.78, 5) is 22.1. The fourth-order valence-corrected chi connectivity index (χ4v) is 1.81. The molecule has 0 unspecified atom stereocenters. The fraction of sp³-hybridized carbons (Fsp3) is 0.308. The smallest absolute Gasteiger partial charge is 0.372 e. The molecule has 0 atom stereocenters. The van der Waals surface area contributed by atoms with Crippen molar-refractivity contribution in [1.82, 2.24) is 15.0 Å². The Kier molecular flexibility index (Phi) is 4.97. The molecule has 2 aromatic rings. The van der Waals surface area contributed by atoms with Crippen LogP contribution in [0.2, 0.25) is 0 Å². The molecule has 0 spiro atoms. The molecular weight excluding hydrogens is 274 g/mol. The van der Waals surface area contributed by atoms with Crippen molar-refractivity contribution in [3.05, 3.63) is 46.5 Å². The van der Waals surface area contributed by atoms with Gasteiger partial charge in [0, 0.05) is 19.4 Å². The highest BCUT2D eigenvalue weighted by atomic mass is 16.6. The van der Waals surface area contributed by atoms with E-state index < -0.39 is 4.92 Å². The first-order valence-corrected chi connectivity index (χ1v) is 6.41. The van der Waals surface area contributed by atoms with Crippen LogP contribution in [0.25, 0.3) is 0 Å². The lowest BCUT2D eigenvalue weighted by molar-refractivity contribution is -0.385. The average molecular weight is 289 g/mol. The highest BCUT2D eigenvalue weighted by Gasteiger charge is 2.23. The average Bonchev–Trinajstić information content (AvgIpc) is 2.52. The zero-order valence-electron chi connectivity index (χ0n) is 11.5. The molecule has 0 aromatic carbocycles. The third-order valence-electron chi connectivity index (χ3n) is 2.81. The molecule has 8 heteroatoms. The Labute approximate surface area is 121 Å². The summed E-state index contributed by atoms with van der Waals surface area (Å²) in [5.41, 5.74) is 0.894. The van der Waals surface area contributed by atoms with Crippen LogP contribution in [0.1, 0.15) is 12.0 Å². The standard InChI is InChI=1S/C13H15N5O3/c1-14-12-11(18(19)20)13(17-9-16-12)21-8-2-3-10-4-6-15-7-5-10/h4-7,9H,2-3,8H2,1H3,(H,14,16,17). The first kappa shape index (κ1) is 14.6. The number of anilines is 1. The van der Waals surface area contributed by atoms with Gasteiger partial charge in [-0.1, -0.05) is 0 Å². The molecule has 0 aliphatic carbocycles. The lowest BCUT2D eigenvalue weighted by Crippen LogP contribution is -2.07. The number of rotatable bonds is 7.